The highest BCUT2D eigenvalue weighted by Gasteiger charge is 2.10. The molecule has 132 valence electrons. The number of rotatable bonds is 7. The van der Waals surface area contributed by atoms with Gasteiger partial charge in [-0.2, -0.15) is 0 Å². The highest BCUT2D eigenvalue weighted by atomic mass is 16.5. The number of carbonyl (C=O) groups is 1. The van der Waals surface area contributed by atoms with Gasteiger partial charge in [0.1, 0.15) is 5.75 Å². The topological polar surface area (TPSA) is 47.6 Å². The molecule has 0 aliphatic rings. The average molecular weight is 347 g/mol. The predicted octanol–water partition coefficient (Wildman–Crippen LogP) is 4.66. The lowest BCUT2D eigenvalue weighted by Gasteiger charge is -2.12. The van der Waals surface area contributed by atoms with Crippen molar-refractivity contribution in [1.82, 2.24) is 0 Å². The molecule has 1 amide bonds. The Morgan fingerprint density at radius 3 is 2.19 bits per heavy atom. The minimum absolute atomic E-state index is 0.169. The van der Waals surface area contributed by atoms with Crippen molar-refractivity contribution >= 4 is 11.6 Å². The van der Waals surface area contributed by atoms with E-state index in [1.165, 1.54) is 0 Å². The van der Waals surface area contributed by atoms with Crippen molar-refractivity contribution in [3.8, 4) is 5.75 Å². The van der Waals surface area contributed by atoms with E-state index in [0.29, 0.717) is 30.2 Å². The SMILES string of the molecule is COc1cc(COCc2ccccc2)ccc1NC(=O)c1ccccc1. The van der Waals surface area contributed by atoms with Crippen LogP contribution in [0.25, 0.3) is 0 Å². The van der Waals surface area contributed by atoms with Crippen LogP contribution in [0.2, 0.25) is 0 Å². The number of hydrogen-bond acceptors (Lipinski definition) is 3. The van der Waals surface area contributed by atoms with Gasteiger partial charge in [0.15, 0.2) is 0 Å². The number of ether oxygens (including phenoxy) is 2. The van der Waals surface area contributed by atoms with Crippen LogP contribution < -0.4 is 10.1 Å². The number of methoxy groups -OCH3 is 1. The Kier molecular flexibility index (Phi) is 6.01. The molecule has 3 aromatic carbocycles. The largest absolute Gasteiger partial charge is 0.495 e. The molecule has 0 aliphatic carbocycles. The van der Waals surface area contributed by atoms with E-state index in [-0.39, 0.29) is 5.91 Å². The first kappa shape index (κ1) is 17.7. The molecule has 0 bridgehead atoms. The van der Waals surface area contributed by atoms with Crippen LogP contribution >= 0.6 is 0 Å². The van der Waals surface area contributed by atoms with Crippen molar-refractivity contribution in [2.24, 2.45) is 0 Å². The normalized spacial score (nSPS) is 10.3. The van der Waals surface area contributed by atoms with Gasteiger partial charge in [0.25, 0.3) is 5.91 Å². The number of anilines is 1. The summed E-state index contributed by atoms with van der Waals surface area (Å²) in [6, 6.07) is 24.8. The Bertz CT molecular complexity index is 848. The molecule has 1 N–H and O–H groups in total. The quantitative estimate of drug-likeness (QED) is 0.676. The third kappa shape index (κ3) is 4.71. The fourth-order valence-electron chi connectivity index (χ4n) is 2.57. The van der Waals surface area contributed by atoms with E-state index in [1.807, 2.05) is 66.7 Å². The van der Waals surface area contributed by atoms with Gasteiger partial charge in [-0.15, -0.1) is 0 Å². The molecule has 0 heterocycles. The van der Waals surface area contributed by atoms with E-state index >= 15 is 0 Å². The first-order valence-electron chi connectivity index (χ1n) is 8.41. The van der Waals surface area contributed by atoms with Crippen LogP contribution in [0.1, 0.15) is 21.5 Å². The molecular formula is C22H21NO3. The highest BCUT2D eigenvalue weighted by molar-refractivity contribution is 6.05. The van der Waals surface area contributed by atoms with Gasteiger partial charge in [-0.05, 0) is 35.4 Å². The van der Waals surface area contributed by atoms with Crippen LogP contribution in [0.15, 0.2) is 78.9 Å². The Balaban J connectivity index is 1.63. The van der Waals surface area contributed by atoms with Crippen LogP contribution in [-0.2, 0) is 18.0 Å². The van der Waals surface area contributed by atoms with E-state index in [0.717, 1.165) is 11.1 Å². The molecular weight excluding hydrogens is 326 g/mol. The van der Waals surface area contributed by atoms with E-state index in [9.17, 15) is 4.79 Å². The summed E-state index contributed by atoms with van der Waals surface area (Å²) in [5.74, 6) is 0.437. The highest BCUT2D eigenvalue weighted by Crippen LogP contribution is 2.26. The van der Waals surface area contributed by atoms with Gasteiger partial charge in [-0.1, -0.05) is 54.6 Å². The summed E-state index contributed by atoms with van der Waals surface area (Å²) in [6.45, 7) is 1.02. The monoisotopic (exact) mass is 347 g/mol. The molecule has 0 fully saturated rings. The summed E-state index contributed by atoms with van der Waals surface area (Å²) >= 11 is 0. The van der Waals surface area contributed by atoms with Gasteiger partial charge in [-0.3, -0.25) is 4.79 Å². The number of amides is 1. The van der Waals surface area contributed by atoms with Gasteiger partial charge in [0.05, 0.1) is 26.0 Å². The summed E-state index contributed by atoms with van der Waals surface area (Å²) in [4.78, 5) is 12.3. The smallest absolute Gasteiger partial charge is 0.255 e. The molecule has 0 aliphatic heterocycles. The van der Waals surface area contributed by atoms with E-state index in [1.54, 1.807) is 19.2 Å². The lowest BCUT2D eigenvalue weighted by atomic mass is 10.1. The molecule has 0 saturated carbocycles. The Hall–Kier alpha value is -3.11. The summed E-state index contributed by atoms with van der Waals surface area (Å²) in [7, 11) is 1.59. The third-order valence-electron chi connectivity index (χ3n) is 3.93. The summed E-state index contributed by atoms with van der Waals surface area (Å²) in [6.07, 6.45) is 0. The minimum Gasteiger partial charge on any atom is -0.495 e. The van der Waals surface area contributed by atoms with Gasteiger partial charge >= 0.3 is 0 Å². The molecule has 3 aromatic rings. The van der Waals surface area contributed by atoms with Crippen LogP contribution in [0.3, 0.4) is 0 Å². The summed E-state index contributed by atoms with van der Waals surface area (Å²) in [5.41, 5.74) is 3.35. The fourth-order valence-corrected chi connectivity index (χ4v) is 2.57. The Morgan fingerprint density at radius 1 is 0.846 bits per heavy atom. The van der Waals surface area contributed by atoms with Crippen LogP contribution in [0.5, 0.6) is 5.75 Å². The summed E-state index contributed by atoms with van der Waals surface area (Å²) in [5, 5.41) is 2.88. The van der Waals surface area contributed by atoms with Gasteiger partial charge in [-0.25, -0.2) is 0 Å². The lowest BCUT2D eigenvalue weighted by Crippen LogP contribution is -2.12. The van der Waals surface area contributed by atoms with Crippen molar-refractivity contribution < 1.29 is 14.3 Å². The van der Waals surface area contributed by atoms with Crippen LogP contribution in [0, 0.1) is 0 Å². The van der Waals surface area contributed by atoms with Crippen molar-refractivity contribution in [2.45, 2.75) is 13.2 Å². The molecule has 4 heteroatoms. The lowest BCUT2D eigenvalue weighted by molar-refractivity contribution is 0.102. The maximum Gasteiger partial charge on any atom is 0.255 e. The number of carbonyl (C=O) groups excluding carboxylic acids is 1. The average Bonchev–Trinajstić information content (AvgIpc) is 2.70. The zero-order valence-corrected chi connectivity index (χ0v) is 14.6. The zero-order valence-electron chi connectivity index (χ0n) is 14.6. The van der Waals surface area contributed by atoms with Crippen molar-refractivity contribution in [1.29, 1.82) is 0 Å². The molecule has 0 unspecified atom stereocenters. The minimum atomic E-state index is -0.169. The molecule has 4 nitrogen and oxygen atoms in total. The first-order chi connectivity index (χ1) is 12.8. The van der Waals surface area contributed by atoms with E-state index in [4.69, 9.17) is 9.47 Å². The molecule has 0 saturated heterocycles. The van der Waals surface area contributed by atoms with E-state index < -0.39 is 0 Å². The van der Waals surface area contributed by atoms with Crippen molar-refractivity contribution in [2.75, 3.05) is 12.4 Å². The van der Waals surface area contributed by atoms with Gasteiger partial charge in [0.2, 0.25) is 0 Å². The third-order valence-corrected chi connectivity index (χ3v) is 3.93. The zero-order chi connectivity index (χ0) is 18.2. The Labute approximate surface area is 153 Å². The van der Waals surface area contributed by atoms with Crippen molar-refractivity contribution in [3.05, 3.63) is 95.6 Å². The van der Waals surface area contributed by atoms with Gasteiger partial charge < -0.3 is 14.8 Å². The molecule has 0 radical (unpaired) electrons. The predicted molar refractivity (Wildman–Crippen MR) is 102 cm³/mol. The standard InChI is InChI=1S/C22H21NO3/c1-25-21-14-18(16-26-15-17-8-4-2-5-9-17)12-13-20(21)23-22(24)19-10-6-3-7-11-19/h2-14H,15-16H2,1H3,(H,23,24). The Morgan fingerprint density at radius 2 is 1.50 bits per heavy atom. The number of nitrogens with one attached hydrogen (secondary N) is 1. The molecule has 26 heavy (non-hydrogen) atoms. The molecule has 3 rings (SSSR count). The van der Waals surface area contributed by atoms with Crippen LogP contribution in [-0.4, -0.2) is 13.0 Å². The van der Waals surface area contributed by atoms with E-state index in [2.05, 4.69) is 5.32 Å². The molecule has 0 aromatic heterocycles. The maximum absolute atomic E-state index is 12.3. The van der Waals surface area contributed by atoms with Crippen molar-refractivity contribution in [3.63, 3.8) is 0 Å². The fraction of sp³-hybridized carbons (Fsp3) is 0.136. The van der Waals surface area contributed by atoms with Crippen LogP contribution in [0.4, 0.5) is 5.69 Å². The number of benzene rings is 3. The first-order valence-corrected chi connectivity index (χ1v) is 8.41. The second kappa shape index (κ2) is 8.83. The second-order valence-corrected chi connectivity index (χ2v) is 5.83. The summed E-state index contributed by atoms with van der Waals surface area (Å²) < 4.78 is 11.2. The van der Waals surface area contributed by atoms with Gasteiger partial charge in [0, 0.05) is 5.56 Å². The maximum atomic E-state index is 12.3. The molecule has 0 atom stereocenters. The second-order valence-electron chi connectivity index (χ2n) is 5.83. The molecule has 0 spiro atoms. The number of hydrogen-bond donors (Lipinski definition) is 1.